The number of hydrogen-bond acceptors (Lipinski definition) is 1. The summed E-state index contributed by atoms with van der Waals surface area (Å²) >= 11 is 5.96. The number of carbonyl (C=O) groups excluding carboxylic acids is 1. The Bertz CT molecular complexity index is 914. The van der Waals surface area contributed by atoms with Gasteiger partial charge in [-0.3, -0.25) is 4.79 Å². The molecule has 23 heavy (non-hydrogen) atoms. The number of carbonyl (C=O) groups is 1. The number of aromatic amines is 1. The van der Waals surface area contributed by atoms with Crippen molar-refractivity contribution >= 4 is 34.1 Å². The average Bonchev–Trinajstić information content (AvgIpc) is 3.22. The van der Waals surface area contributed by atoms with E-state index in [0.29, 0.717) is 10.7 Å². The van der Waals surface area contributed by atoms with Gasteiger partial charge in [-0.2, -0.15) is 0 Å². The lowest BCUT2D eigenvalue weighted by atomic mass is 9.94. The van der Waals surface area contributed by atoms with Crippen LogP contribution in [0.3, 0.4) is 0 Å². The van der Waals surface area contributed by atoms with Gasteiger partial charge in [-0.25, -0.2) is 4.39 Å². The Morgan fingerprint density at radius 3 is 2.78 bits per heavy atom. The molecular formula is C18H14ClFN2O. The number of fused-ring (bicyclic) bond motifs is 1. The highest BCUT2D eigenvalue weighted by molar-refractivity contribution is 6.30. The van der Waals surface area contributed by atoms with Crippen LogP contribution in [0.4, 0.5) is 10.1 Å². The largest absolute Gasteiger partial charge is 0.361 e. The molecule has 3 aromatic rings. The number of halogens is 2. The van der Waals surface area contributed by atoms with Crippen LogP contribution in [0.1, 0.15) is 18.4 Å². The minimum absolute atomic E-state index is 0.0788. The summed E-state index contributed by atoms with van der Waals surface area (Å²) in [6.45, 7) is 0. The number of anilines is 1. The lowest BCUT2D eigenvalue weighted by Crippen LogP contribution is -2.27. The highest BCUT2D eigenvalue weighted by Gasteiger charge is 2.52. The summed E-state index contributed by atoms with van der Waals surface area (Å²) in [5.74, 6) is -0.380. The molecule has 0 saturated heterocycles. The first kappa shape index (κ1) is 14.3. The number of amides is 1. The van der Waals surface area contributed by atoms with Gasteiger partial charge < -0.3 is 10.3 Å². The zero-order valence-corrected chi connectivity index (χ0v) is 13.0. The molecule has 3 nitrogen and oxygen atoms in total. The van der Waals surface area contributed by atoms with Crippen LogP contribution in [0, 0.1) is 5.82 Å². The third-order valence-corrected chi connectivity index (χ3v) is 4.66. The summed E-state index contributed by atoms with van der Waals surface area (Å²) in [7, 11) is 0. The molecule has 2 aromatic carbocycles. The molecule has 1 heterocycles. The summed E-state index contributed by atoms with van der Waals surface area (Å²) in [5.41, 5.74) is 1.77. The van der Waals surface area contributed by atoms with Crippen LogP contribution in [0.15, 0.2) is 48.7 Å². The Kier molecular flexibility index (Phi) is 3.16. The van der Waals surface area contributed by atoms with E-state index in [2.05, 4.69) is 10.3 Å². The van der Waals surface area contributed by atoms with E-state index < -0.39 is 5.41 Å². The van der Waals surface area contributed by atoms with E-state index in [0.717, 1.165) is 29.3 Å². The number of hydrogen-bond donors (Lipinski definition) is 2. The molecule has 4 rings (SSSR count). The van der Waals surface area contributed by atoms with Crippen molar-refractivity contribution in [1.29, 1.82) is 0 Å². The van der Waals surface area contributed by atoms with Crippen LogP contribution in [-0.4, -0.2) is 10.9 Å². The molecule has 0 radical (unpaired) electrons. The number of rotatable bonds is 3. The molecule has 116 valence electrons. The molecular weight excluding hydrogens is 315 g/mol. The summed E-state index contributed by atoms with van der Waals surface area (Å²) in [6.07, 6.45) is 3.32. The van der Waals surface area contributed by atoms with Crippen molar-refractivity contribution in [3.8, 4) is 0 Å². The van der Waals surface area contributed by atoms with Gasteiger partial charge in [-0.1, -0.05) is 17.7 Å². The van der Waals surface area contributed by atoms with E-state index >= 15 is 0 Å². The summed E-state index contributed by atoms with van der Waals surface area (Å²) in [4.78, 5) is 15.9. The topological polar surface area (TPSA) is 44.9 Å². The molecule has 1 fully saturated rings. The van der Waals surface area contributed by atoms with Crippen molar-refractivity contribution in [1.82, 2.24) is 4.98 Å². The zero-order valence-electron chi connectivity index (χ0n) is 12.2. The maximum absolute atomic E-state index is 13.6. The summed E-state index contributed by atoms with van der Waals surface area (Å²) in [6, 6.07) is 11.6. The molecule has 0 aliphatic heterocycles. The van der Waals surface area contributed by atoms with E-state index in [1.807, 2.05) is 6.20 Å². The Hall–Kier alpha value is -2.33. The van der Waals surface area contributed by atoms with Crippen LogP contribution in [0.25, 0.3) is 10.9 Å². The SMILES string of the molecule is O=C(Nc1cccc(Cl)c1)C1(c2c[nH]c3ccc(F)cc23)CC1. The quantitative estimate of drug-likeness (QED) is 0.723. The number of nitrogens with one attached hydrogen (secondary N) is 2. The van der Waals surface area contributed by atoms with Crippen LogP contribution in [0.5, 0.6) is 0 Å². The third-order valence-electron chi connectivity index (χ3n) is 4.43. The Morgan fingerprint density at radius 1 is 1.22 bits per heavy atom. The Labute approximate surface area is 137 Å². The molecule has 1 amide bonds. The van der Waals surface area contributed by atoms with Gasteiger partial charge in [0, 0.05) is 27.8 Å². The van der Waals surface area contributed by atoms with Gasteiger partial charge in [-0.15, -0.1) is 0 Å². The first-order valence-corrected chi connectivity index (χ1v) is 7.80. The second kappa shape index (κ2) is 5.10. The molecule has 0 unspecified atom stereocenters. The van der Waals surface area contributed by atoms with E-state index in [9.17, 15) is 9.18 Å². The highest BCUT2D eigenvalue weighted by atomic mass is 35.5. The summed E-state index contributed by atoms with van der Waals surface area (Å²) in [5, 5.41) is 4.26. The summed E-state index contributed by atoms with van der Waals surface area (Å²) < 4.78 is 13.6. The minimum Gasteiger partial charge on any atom is -0.361 e. The maximum atomic E-state index is 13.6. The van der Waals surface area contributed by atoms with Gasteiger partial charge in [0.05, 0.1) is 5.41 Å². The molecule has 1 aliphatic rings. The second-order valence-electron chi connectivity index (χ2n) is 5.94. The van der Waals surface area contributed by atoms with Crippen LogP contribution >= 0.6 is 11.6 Å². The van der Waals surface area contributed by atoms with E-state index in [1.165, 1.54) is 12.1 Å². The van der Waals surface area contributed by atoms with Crippen molar-refractivity contribution < 1.29 is 9.18 Å². The molecule has 1 aromatic heterocycles. The van der Waals surface area contributed by atoms with Gasteiger partial charge in [0.1, 0.15) is 5.82 Å². The van der Waals surface area contributed by atoms with Crippen molar-refractivity contribution in [3.05, 3.63) is 65.1 Å². The Balaban J connectivity index is 1.69. The predicted molar refractivity (Wildman–Crippen MR) is 89.3 cm³/mol. The predicted octanol–water partition coefficient (Wildman–Crippen LogP) is 4.63. The van der Waals surface area contributed by atoms with Crippen molar-refractivity contribution in [2.75, 3.05) is 5.32 Å². The third kappa shape index (κ3) is 2.39. The van der Waals surface area contributed by atoms with Crippen molar-refractivity contribution in [3.63, 3.8) is 0 Å². The molecule has 5 heteroatoms. The fourth-order valence-electron chi connectivity index (χ4n) is 3.05. The van der Waals surface area contributed by atoms with Gasteiger partial charge >= 0.3 is 0 Å². The normalized spacial score (nSPS) is 15.6. The van der Waals surface area contributed by atoms with Crippen molar-refractivity contribution in [2.24, 2.45) is 0 Å². The number of benzene rings is 2. The maximum Gasteiger partial charge on any atom is 0.235 e. The molecule has 0 bridgehead atoms. The van der Waals surface area contributed by atoms with E-state index in [-0.39, 0.29) is 11.7 Å². The molecule has 1 aliphatic carbocycles. The average molecular weight is 329 g/mol. The molecule has 0 spiro atoms. The Morgan fingerprint density at radius 2 is 2.04 bits per heavy atom. The van der Waals surface area contributed by atoms with Crippen LogP contribution < -0.4 is 5.32 Å². The van der Waals surface area contributed by atoms with Crippen LogP contribution in [0.2, 0.25) is 5.02 Å². The van der Waals surface area contributed by atoms with Gasteiger partial charge in [0.15, 0.2) is 0 Å². The van der Waals surface area contributed by atoms with Crippen molar-refractivity contribution in [2.45, 2.75) is 18.3 Å². The molecule has 0 atom stereocenters. The number of aromatic nitrogens is 1. The fourth-order valence-corrected chi connectivity index (χ4v) is 3.24. The van der Waals surface area contributed by atoms with Gasteiger partial charge in [0.25, 0.3) is 0 Å². The van der Waals surface area contributed by atoms with E-state index in [4.69, 9.17) is 11.6 Å². The monoisotopic (exact) mass is 328 g/mol. The lowest BCUT2D eigenvalue weighted by Gasteiger charge is -2.15. The van der Waals surface area contributed by atoms with Crippen LogP contribution in [-0.2, 0) is 10.2 Å². The number of H-pyrrole nitrogens is 1. The minimum atomic E-state index is -0.589. The molecule has 2 N–H and O–H groups in total. The standard InChI is InChI=1S/C18H14ClFN2O/c19-11-2-1-3-13(8-11)22-17(23)18(6-7-18)15-10-21-16-5-4-12(20)9-14(15)16/h1-5,8-10,21H,6-7H2,(H,22,23). The molecule has 1 saturated carbocycles. The smallest absolute Gasteiger partial charge is 0.235 e. The first-order valence-electron chi connectivity index (χ1n) is 7.43. The van der Waals surface area contributed by atoms with Gasteiger partial charge in [-0.05, 0) is 54.8 Å². The fraction of sp³-hybridized carbons (Fsp3) is 0.167. The lowest BCUT2D eigenvalue weighted by molar-refractivity contribution is -0.118. The zero-order chi connectivity index (χ0) is 16.0. The first-order chi connectivity index (χ1) is 11.1. The van der Waals surface area contributed by atoms with E-state index in [1.54, 1.807) is 30.3 Å². The second-order valence-corrected chi connectivity index (χ2v) is 6.38. The van der Waals surface area contributed by atoms with Gasteiger partial charge in [0.2, 0.25) is 5.91 Å². The highest BCUT2D eigenvalue weighted by Crippen LogP contribution is 2.51.